The first-order valence-electron chi connectivity index (χ1n) is 3.95. The Morgan fingerprint density at radius 1 is 1.40 bits per heavy atom. The fraction of sp³-hybridized carbons (Fsp3) is 0.222. The molecule has 15 heavy (non-hydrogen) atoms. The van der Waals surface area contributed by atoms with E-state index in [1.807, 2.05) is 0 Å². The predicted molar refractivity (Wildman–Crippen MR) is 62.2 cm³/mol. The van der Waals surface area contributed by atoms with Crippen molar-refractivity contribution in [3.8, 4) is 5.75 Å². The van der Waals surface area contributed by atoms with Crippen LogP contribution in [0.5, 0.6) is 5.75 Å². The number of aromatic hydroxyl groups is 1. The van der Waals surface area contributed by atoms with E-state index in [0.29, 0.717) is 5.56 Å². The molecule has 0 aromatic heterocycles. The lowest BCUT2D eigenvalue weighted by Crippen LogP contribution is -2.15. The quantitative estimate of drug-likeness (QED) is 0.843. The lowest BCUT2D eigenvalue weighted by atomic mass is 10.1. The van der Waals surface area contributed by atoms with Gasteiger partial charge in [0.05, 0.1) is 10.0 Å². The van der Waals surface area contributed by atoms with Crippen molar-refractivity contribution in [3.05, 3.63) is 27.7 Å². The average Bonchev–Trinajstić information content (AvgIpc) is 2.13. The number of hydrogen-bond acceptors (Lipinski definition) is 2. The highest BCUT2D eigenvalue weighted by Crippen LogP contribution is 2.33. The molecule has 0 aliphatic rings. The molecule has 1 aromatic carbocycles. The fourth-order valence-corrected chi connectivity index (χ4v) is 1.94. The number of alkyl halides is 1. The summed E-state index contributed by atoms with van der Waals surface area (Å²) in [5.74, 6) is -1.15. The minimum atomic E-state index is -0.963. The summed E-state index contributed by atoms with van der Waals surface area (Å²) in [6.07, 6.45) is 0.245. The molecule has 82 valence electrons. The molecule has 0 saturated heterocycles. The van der Waals surface area contributed by atoms with E-state index in [0.717, 1.165) is 0 Å². The summed E-state index contributed by atoms with van der Waals surface area (Å²) in [5.41, 5.74) is 0.645. The van der Waals surface area contributed by atoms with E-state index >= 15 is 0 Å². The third-order valence-corrected chi connectivity index (χ3v) is 3.05. The summed E-state index contributed by atoms with van der Waals surface area (Å²) in [6, 6.07) is 2.97. The molecule has 3 nitrogen and oxygen atoms in total. The van der Waals surface area contributed by atoms with Crippen LogP contribution < -0.4 is 0 Å². The number of phenolic OH excluding ortho intramolecular Hbond substituents is 1. The second-order valence-electron chi connectivity index (χ2n) is 2.92. The largest absolute Gasteiger partial charge is 0.505 e. The number of benzene rings is 1. The van der Waals surface area contributed by atoms with E-state index in [-0.39, 0.29) is 22.2 Å². The second-order valence-corrected chi connectivity index (χ2v) is 4.84. The highest BCUT2D eigenvalue weighted by atomic mass is 79.9. The Morgan fingerprint density at radius 3 is 2.27 bits per heavy atom. The van der Waals surface area contributed by atoms with Gasteiger partial charge in [0.25, 0.3) is 0 Å². The van der Waals surface area contributed by atoms with Crippen LogP contribution in [-0.4, -0.2) is 21.0 Å². The summed E-state index contributed by atoms with van der Waals surface area (Å²) in [5, 5.41) is 18.2. The van der Waals surface area contributed by atoms with Crippen LogP contribution in [0.4, 0.5) is 0 Å². The first kappa shape index (κ1) is 12.6. The van der Waals surface area contributed by atoms with Crippen molar-refractivity contribution in [3.63, 3.8) is 0 Å². The Labute approximate surface area is 105 Å². The predicted octanol–water partition coefficient (Wildman–Crippen LogP) is 3.09. The Hall–Kier alpha value is -0.450. The highest BCUT2D eigenvalue weighted by molar-refractivity contribution is 9.10. The summed E-state index contributed by atoms with van der Waals surface area (Å²) < 4.78 is 0. The molecule has 0 heterocycles. The van der Waals surface area contributed by atoms with Crippen molar-refractivity contribution < 1.29 is 15.0 Å². The number of halogens is 3. The van der Waals surface area contributed by atoms with E-state index in [2.05, 4.69) is 15.9 Å². The van der Waals surface area contributed by atoms with Gasteiger partial charge in [0.15, 0.2) is 5.75 Å². The van der Waals surface area contributed by atoms with Crippen molar-refractivity contribution in [1.82, 2.24) is 0 Å². The molecule has 0 aliphatic carbocycles. The number of carbonyl (C=O) groups is 1. The van der Waals surface area contributed by atoms with Gasteiger partial charge in [-0.05, 0) is 24.1 Å². The molecule has 1 aromatic rings. The third-order valence-electron chi connectivity index (χ3n) is 1.76. The van der Waals surface area contributed by atoms with E-state index in [9.17, 15) is 9.90 Å². The van der Waals surface area contributed by atoms with Crippen molar-refractivity contribution in [1.29, 1.82) is 0 Å². The lowest BCUT2D eigenvalue weighted by molar-refractivity contribution is -0.136. The maximum absolute atomic E-state index is 10.6. The molecule has 0 radical (unpaired) electrons. The van der Waals surface area contributed by atoms with Crippen molar-refractivity contribution in [2.45, 2.75) is 11.2 Å². The maximum Gasteiger partial charge on any atom is 0.317 e. The van der Waals surface area contributed by atoms with Gasteiger partial charge in [0.1, 0.15) is 4.83 Å². The first-order valence-corrected chi connectivity index (χ1v) is 5.62. The monoisotopic (exact) mass is 312 g/mol. The molecule has 0 amide bonds. The summed E-state index contributed by atoms with van der Waals surface area (Å²) in [6.45, 7) is 0. The number of aliphatic carboxylic acids is 1. The van der Waals surface area contributed by atoms with Crippen LogP contribution >= 0.6 is 39.1 Å². The zero-order valence-electron chi connectivity index (χ0n) is 7.38. The number of carboxylic acids is 1. The van der Waals surface area contributed by atoms with Crippen LogP contribution in [0.3, 0.4) is 0 Å². The van der Waals surface area contributed by atoms with Crippen molar-refractivity contribution in [2.24, 2.45) is 0 Å². The van der Waals surface area contributed by atoms with E-state index in [1.165, 1.54) is 12.1 Å². The molecule has 2 N–H and O–H groups in total. The lowest BCUT2D eigenvalue weighted by Gasteiger charge is -2.07. The van der Waals surface area contributed by atoms with Crippen molar-refractivity contribution in [2.75, 3.05) is 0 Å². The average molecular weight is 314 g/mol. The van der Waals surface area contributed by atoms with Gasteiger partial charge in [-0.1, -0.05) is 39.1 Å². The molecule has 1 atom stereocenters. The molecular formula is C9H7BrCl2O3. The first-order chi connectivity index (χ1) is 6.91. The van der Waals surface area contributed by atoms with Crippen LogP contribution in [0.2, 0.25) is 10.0 Å². The SMILES string of the molecule is O=C(O)C(Br)Cc1cc(Cl)c(O)c(Cl)c1. The normalized spacial score (nSPS) is 12.5. The van der Waals surface area contributed by atoms with Gasteiger partial charge in [0, 0.05) is 0 Å². The Kier molecular flexibility index (Phi) is 4.25. The second kappa shape index (κ2) is 5.05. The zero-order valence-corrected chi connectivity index (χ0v) is 10.5. The highest BCUT2D eigenvalue weighted by Gasteiger charge is 2.15. The van der Waals surface area contributed by atoms with Gasteiger partial charge in [0.2, 0.25) is 0 Å². The van der Waals surface area contributed by atoms with Gasteiger partial charge in [-0.2, -0.15) is 0 Å². The van der Waals surface area contributed by atoms with Gasteiger partial charge in [-0.25, -0.2) is 0 Å². The molecule has 0 bridgehead atoms. The maximum atomic E-state index is 10.6. The van der Waals surface area contributed by atoms with E-state index in [4.69, 9.17) is 28.3 Å². The minimum Gasteiger partial charge on any atom is -0.505 e. The zero-order chi connectivity index (χ0) is 11.6. The van der Waals surface area contributed by atoms with Gasteiger partial charge in [-0.3, -0.25) is 4.79 Å². The molecule has 6 heteroatoms. The Bertz CT molecular complexity index is 372. The van der Waals surface area contributed by atoms with Crippen LogP contribution in [-0.2, 0) is 11.2 Å². The minimum absolute atomic E-state index is 0.114. The van der Waals surface area contributed by atoms with E-state index < -0.39 is 10.8 Å². The Morgan fingerprint density at radius 2 is 1.87 bits per heavy atom. The Balaban J connectivity index is 2.92. The van der Waals surface area contributed by atoms with Crippen LogP contribution in [0, 0.1) is 0 Å². The molecular weight excluding hydrogens is 307 g/mol. The van der Waals surface area contributed by atoms with Gasteiger partial charge >= 0.3 is 5.97 Å². The summed E-state index contributed by atoms with van der Waals surface area (Å²) in [7, 11) is 0. The van der Waals surface area contributed by atoms with Gasteiger partial charge < -0.3 is 10.2 Å². The number of carboxylic acid groups (broad SMARTS) is 1. The summed E-state index contributed by atoms with van der Waals surface area (Å²) >= 11 is 14.4. The standard InChI is InChI=1S/C9H7BrCl2O3/c10-5(9(14)15)1-4-2-6(11)8(13)7(12)3-4/h2-3,5,13H,1H2,(H,14,15). The smallest absolute Gasteiger partial charge is 0.317 e. The van der Waals surface area contributed by atoms with Crippen molar-refractivity contribution >= 4 is 45.1 Å². The molecule has 0 aliphatic heterocycles. The topological polar surface area (TPSA) is 57.5 Å². The molecule has 0 spiro atoms. The van der Waals surface area contributed by atoms with Crippen LogP contribution in [0.25, 0.3) is 0 Å². The molecule has 0 fully saturated rings. The van der Waals surface area contributed by atoms with Crippen LogP contribution in [0.15, 0.2) is 12.1 Å². The summed E-state index contributed by atoms with van der Waals surface area (Å²) in [4.78, 5) is 9.88. The third kappa shape index (κ3) is 3.26. The molecule has 0 saturated carbocycles. The van der Waals surface area contributed by atoms with Gasteiger partial charge in [-0.15, -0.1) is 0 Å². The number of hydrogen-bond donors (Lipinski definition) is 2. The van der Waals surface area contributed by atoms with Crippen LogP contribution in [0.1, 0.15) is 5.56 Å². The number of phenols is 1. The van der Waals surface area contributed by atoms with E-state index in [1.54, 1.807) is 0 Å². The molecule has 1 unspecified atom stereocenters. The molecule has 1 rings (SSSR count). The fourth-order valence-electron chi connectivity index (χ4n) is 1.03. The number of rotatable bonds is 3.